The fourth-order valence-electron chi connectivity index (χ4n) is 2.37. The quantitative estimate of drug-likeness (QED) is 0.204. The van der Waals surface area contributed by atoms with Crippen LogP contribution in [0.1, 0.15) is 78.1 Å². The molecular weight excluding hydrogens is 364 g/mol. The molecule has 2 unspecified atom stereocenters. The van der Waals surface area contributed by atoms with Gasteiger partial charge in [0.1, 0.15) is 0 Å². The van der Waals surface area contributed by atoms with Crippen molar-refractivity contribution in [2.24, 2.45) is 5.92 Å². The smallest absolute Gasteiger partial charge is 0.171 e. The van der Waals surface area contributed by atoms with Gasteiger partial charge in [0.25, 0.3) is 0 Å². The minimum absolute atomic E-state index is 0.203. The standard InChI is InChI=1S/C15H28F3I/c1-3-5-6-7-8-9-10-11-12-14(19)13(4-2)15(16,17)18/h13-14H,3-12H2,1-2H3. The maximum Gasteiger partial charge on any atom is 0.392 e. The molecule has 0 aliphatic rings. The molecule has 0 saturated carbocycles. The van der Waals surface area contributed by atoms with Crippen LogP contribution < -0.4 is 0 Å². The van der Waals surface area contributed by atoms with E-state index in [2.05, 4.69) is 6.92 Å². The number of rotatable bonds is 11. The van der Waals surface area contributed by atoms with Crippen molar-refractivity contribution in [1.29, 1.82) is 0 Å². The maximum atomic E-state index is 12.7. The van der Waals surface area contributed by atoms with Crippen molar-refractivity contribution in [2.45, 2.75) is 88.2 Å². The van der Waals surface area contributed by atoms with Crippen molar-refractivity contribution in [3.05, 3.63) is 0 Å². The van der Waals surface area contributed by atoms with E-state index < -0.39 is 12.1 Å². The van der Waals surface area contributed by atoms with E-state index in [1.165, 1.54) is 38.5 Å². The van der Waals surface area contributed by atoms with E-state index in [1.807, 2.05) is 22.6 Å². The van der Waals surface area contributed by atoms with Crippen LogP contribution in [0.5, 0.6) is 0 Å². The molecule has 0 fully saturated rings. The average molecular weight is 392 g/mol. The molecule has 0 amide bonds. The summed E-state index contributed by atoms with van der Waals surface area (Å²) in [5, 5.41) is 0. The summed E-state index contributed by atoms with van der Waals surface area (Å²) in [4.78, 5) is 0. The second kappa shape index (κ2) is 11.2. The van der Waals surface area contributed by atoms with E-state index >= 15 is 0 Å². The highest BCUT2D eigenvalue weighted by atomic mass is 127. The lowest BCUT2D eigenvalue weighted by Gasteiger charge is -2.23. The van der Waals surface area contributed by atoms with Gasteiger partial charge in [-0.1, -0.05) is 87.8 Å². The molecular formula is C15H28F3I. The third-order valence-electron chi connectivity index (χ3n) is 3.63. The molecule has 0 bridgehead atoms. The molecule has 116 valence electrons. The Morgan fingerprint density at radius 1 is 0.842 bits per heavy atom. The van der Waals surface area contributed by atoms with Crippen molar-refractivity contribution in [3.63, 3.8) is 0 Å². The molecule has 0 aromatic heterocycles. The molecule has 0 saturated heterocycles. The number of hydrogen-bond acceptors (Lipinski definition) is 0. The van der Waals surface area contributed by atoms with Crippen molar-refractivity contribution >= 4 is 22.6 Å². The zero-order valence-corrected chi connectivity index (χ0v) is 14.4. The van der Waals surface area contributed by atoms with Crippen molar-refractivity contribution in [2.75, 3.05) is 0 Å². The molecule has 19 heavy (non-hydrogen) atoms. The Hall–Kier alpha value is 0.520. The van der Waals surface area contributed by atoms with Crippen LogP contribution in [0.4, 0.5) is 13.2 Å². The highest BCUT2D eigenvalue weighted by molar-refractivity contribution is 14.1. The zero-order valence-electron chi connectivity index (χ0n) is 12.2. The van der Waals surface area contributed by atoms with Gasteiger partial charge in [0.2, 0.25) is 0 Å². The number of hydrogen-bond donors (Lipinski definition) is 0. The molecule has 2 atom stereocenters. The van der Waals surface area contributed by atoms with Crippen LogP contribution in [0.15, 0.2) is 0 Å². The van der Waals surface area contributed by atoms with Crippen LogP contribution >= 0.6 is 22.6 Å². The summed E-state index contributed by atoms with van der Waals surface area (Å²) in [5.74, 6) is -1.13. The molecule has 0 nitrogen and oxygen atoms in total. The Labute approximate surface area is 130 Å². The normalized spacial score (nSPS) is 15.5. The van der Waals surface area contributed by atoms with Crippen LogP contribution in [-0.2, 0) is 0 Å². The molecule has 0 N–H and O–H groups in total. The predicted molar refractivity (Wildman–Crippen MR) is 84.9 cm³/mol. The first-order chi connectivity index (χ1) is 8.93. The van der Waals surface area contributed by atoms with Crippen LogP contribution in [-0.4, -0.2) is 10.1 Å². The van der Waals surface area contributed by atoms with Crippen LogP contribution in [0.2, 0.25) is 0 Å². The summed E-state index contributed by atoms with van der Waals surface area (Å²) in [6, 6.07) is 0. The summed E-state index contributed by atoms with van der Waals surface area (Å²) in [6.07, 6.45) is 6.46. The first kappa shape index (κ1) is 19.5. The van der Waals surface area contributed by atoms with Gasteiger partial charge in [0.05, 0.1) is 5.92 Å². The van der Waals surface area contributed by atoms with Gasteiger partial charge < -0.3 is 0 Å². The van der Waals surface area contributed by atoms with E-state index in [9.17, 15) is 13.2 Å². The topological polar surface area (TPSA) is 0 Å². The predicted octanol–water partition coefficient (Wildman–Crippen LogP) is 6.91. The Bertz CT molecular complexity index is 204. The number of unbranched alkanes of at least 4 members (excludes halogenated alkanes) is 7. The second-order valence-corrected chi connectivity index (χ2v) is 6.94. The van der Waals surface area contributed by atoms with E-state index in [1.54, 1.807) is 6.92 Å². The van der Waals surface area contributed by atoms with E-state index in [-0.39, 0.29) is 10.3 Å². The summed E-state index contributed by atoms with van der Waals surface area (Å²) >= 11 is 1.99. The number of alkyl halides is 4. The van der Waals surface area contributed by atoms with E-state index in [0.29, 0.717) is 6.42 Å². The Kier molecular flexibility index (Phi) is 11.5. The lowest BCUT2D eigenvalue weighted by Crippen LogP contribution is -2.30. The molecule has 0 rings (SSSR count). The van der Waals surface area contributed by atoms with Crippen LogP contribution in [0, 0.1) is 5.92 Å². The molecule has 0 heterocycles. The zero-order chi connectivity index (χ0) is 14.7. The number of halogens is 4. The summed E-state index contributed by atoms with van der Waals surface area (Å²) in [6.45, 7) is 3.84. The second-order valence-electron chi connectivity index (χ2n) is 5.34. The highest BCUT2D eigenvalue weighted by Gasteiger charge is 2.41. The van der Waals surface area contributed by atoms with Crippen molar-refractivity contribution in [1.82, 2.24) is 0 Å². The third kappa shape index (κ3) is 9.97. The third-order valence-corrected chi connectivity index (χ3v) is 5.12. The first-order valence-corrected chi connectivity index (χ1v) is 8.88. The first-order valence-electron chi connectivity index (χ1n) is 7.64. The van der Waals surface area contributed by atoms with E-state index in [0.717, 1.165) is 12.8 Å². The lowest BCUT2D eigenvalue weighted by atomic mass is 9.97. The Morgan fingerprint density at radius 3 is 1.74 bits per heavy atom. The summed E-state index contributed by atoms with van der Waals surface area (Å²) < 4.78 is 37.9. The maximum absolute atomic E-state index is 12.7. The van der Waals surface area contributed by atoms with Gasteiger partial charge in [0.15, 0.2) is 0 Å². The lowest BCUT2D eigenvalue weighted by molar-refractivity contribution is -0.174. The van der Waals surface area contributed by atoms with Gasteiger partial charge in [-0.05, 0) is 12.8 Å². The van der Waals surface area contributed by atoms with Gasteiger partial charge in [-0.25, -0.2) is 0 Å². The monoisotopic (exact) mass is 392 g/mol. The molecule has 0 aromatic carbocycles. The average Bonchev–Trinajstić information content (AvgIpc) is 2.31. The minimum Gasteiger partial charge on any atom is -0.171 e. The van der Waals surface area contributed by atoms with Gasteiger partial charge in [-0.2, -0.15) is 13.2 Å². The Balaban J connectivity index is 3.60. The Morgan fingerprint density at radius 2 is 1.32 bits per heavy atom. The van der Waals surface area contributed by atoms with Crippen molar-refractivity contribution in [3.8, 4) is 0 Å². The van der Waals surface area contributed by atoms with Crippen molar-refractivity contribution < 1.29 is 13.2 Å². The minimum atomic E-state index is -4.03. The molecule has 0 aromatic rings. The highest BCUT2D eigenvalue weighted by Crippen LogP contribution is 2.36. The van der Waals surface area contributed by atoms with Gasteiger partial charge >= 0.3 is 6.18 Å². The fourth-order valence-corrected chi connectivity index (χ4v) is 3.72. The summed E-state index contributed by atoms with van der Waals surface area (Å²) in [7, 11) is 0. The van der Waals surface area contributed by atoms with Gasteiger partial charge in [0, 0.05) is 3.92 Å². The molecule has 4 heteroatoms. The molecule has 0 spiro atoms. The van der Waals surface area contributed by atoms with Crippen LogP contribution in [0.25, 0.3) is 0 Å². The van der Waals surface area contributed by atoms with E-state index in [4.69, 9.17) is 0 Å². The molecule has 0 aliphatic carbocycles. The fraction of sp³-hybridized carbons (Fsp3) is 1.00. The summed E-state index contributed by atoms with van der Waals surface area (Å²) in [5.41, 5.74) is 0. The SMILES string of the molecule is CCCCCCCCCCC(I)C(CC)C(F)(F)F. The van der Waals surface area contributed by atoms with Gasteiger partial charge in [-0.15, -0.1) is 0 Å². The molecule has 0 radical (unpaired) electrons. The van der Waals surface area contributed by atoms with Crippen LogP contribution in [0.3, 0.4) is 0 Å². The molecule has 0 aliphatic heterocycles. The van der Waals surface area contributed by atoms with Gasteiger partial charge in [-0.3, -0.25) is 0 Å². The largest absolute Gasteiger partial charge is 0.392 e.